The first-order valence-electron chi connectivity index (χ1n) is 13.6. The molecule has 1 N–H and O–H groups in total. The molecule has 0 saturated carbocycles. The molecule has 1 fully saturated rings. The van der Waals surface area contributed by atoms with Crippen molar-refractivity contribution in [3.8, 4) is 0 Å². The molecule has 4 aromatic carbocycles. The van der Waals surface area contributed by atoms with Crippen molar-refractivity contribution in [3.63, 3.8) is 0 Å². The third-order valence-corrected chi connectivity index (χ3v) is 8.65. The molecule has 0 radical (unpaired) electrons. The van der Waals surface area contributed by atoms with Gasteiger partial charge < -0.3 is 0 Å². The van der Waals surface area contributed by atoms with Gasteiger partial charge in [0.05, 0.1) is 0 Å². The number of nitrogens with zero attached hydrogens (tertiary/aromatic N) is 2. The van der Waals surface area contributed by atoms with Gasteiger partial charge in [-0.25, -0.2) is 0 Å². The van der Waals surface area contributed by atoms with Gasteiger partial charge in [0.15, 0.2) is 0 Å². The maximum atomic E-state index is 14.6. The van der Waals surface area contributed by atoms with Crippen molar-refractivity contribution in [1.29, 1.82) is 0 Å². The second-order valence-electron chi connectivity index (χ2n) is 9.86. The first-order chi connectivity index (χ1) is 20.1. The molecule has 0 spiro atoms. The summed E-state index contributed by atoms with van der Waals surface area (Å²) in [5.74, 6) is -0.465. The molecule has 1 unspecified atom stereocenters. The summed E-state index contributed by atoms with van der Waals surface area (Å²) in [4.78, 5) is 28.1. The van der Waals surface area contributed by atoms with Crippen molar-refractivity contribution in [2.24, 2.45) is 0 Å². The summed E-state index contributed by atoms with van der Waals surface area (Å²) in [5, 5.41) is 7.04. The van der Waals surface area contributed by atoms with Crippen LogP contribution in [0, 0.1) is 0 Å². The van der Waals surface area contributed by atoms with E-state index in [1.807, 2.05) is 104 Å². The van der Waals surface area contributed by atoms with E-state index in [1.165, 1.54) is 19.4 Å². The summed E-state index contributed by atoms with van der Waals surface area (Å²) in [5.41, 5.74) is 5.18. The van der Waals surface area contributed by atoms with Crippen LogP contribution in [0.2, 0.25) is 0 Å². The quantitative estimate of drug-likeness (QED) is 0.264. The van der Waals surface area contributed by atoms with E-state index in [0.717, 1.165) is 32.0 Å². The van der Waals surface area contributed by atoms with Crippen molar-refractivity contribution in [2.45, 2.75) is 25.0 Å². The Kier molecular flexibility index (Phi) is 7.88. The maximum absolute atomic E-state index is 14.6. The van der Waals surface area contributed by atoms with Crippen molar-refractivity contribution >= 4 is 21.6 Å². The molecule has 1 saturated heterocycles. The molecule has 2 aliphatic heterocycles. The van der Waals surface area contributed by atoms with Crippen LogP contribution in [0.1, 0.15) is 46.1 Å². The van der Waals surface area contributed by atoms with Gasteiger partial charge in [-0.3, -0.25) is 0 Å². The predicted molar refractivity (Wildman–Crippen MR) is 155 cm³/mol. The Hall–Kier alpha value is -3.96. The van der Waals surface area contributed by atoms with Gasteiger partial charge in [0, 0.05) is 0 Å². The van der Waals surface area contributed by atoms with E-state index >= 15 is 0 Å². The summed E-state index contributed by atoms with van der Waals surface area (Å²) < 4.78 is 7.03. The van der Waals surface area contributed by atoms with Crippen LogP contribution >= 0.6 is 0 Å². The summed E-state index contributed by atoms with van der Waals surface area (Å²) >= 11 is 1.19. The Morgan fingerprint density at radius 3 is 1.93 bits per heavy atom. The third-order valence-electron chi connectivity index (χ3n) is 7.43. The van der Waals surface area contributed by atoms with Crippen LogP contribution in [0.3, 0.4) is 0 Å². The number of ether oxygens (including phenoxy) is 1. The zero-order chi connectivity index (χ0) is 28.3. The van der Waals surface area contributed by atoms with Gasteiger partial charge >= 0.3 is 251 Å². The predicted octanol–water partition coefficient (Wildman–Crippen LogP) is 5.46. The molecule has 0 aromatic heterocycles. The molecule has 0 aliphatic carbocycles. The summed E-state index contributed by atoms with van der Waals surface area (Å²) in [7, 11) is 0. The van der Waals surface area contributed by atoms with E-state index in [2.05, 4.69) is 22.5 Å². The van der Waals surface area contributed by atoms with Crippen molar-refractivity contribution in [1.82, 2.24) is 15.3 Å². The molecule has 4 aromatic rings. The first kappa shape index (κ1) is 27.2. The van der Waals surface area contributed by atoms with Gasteiger partial charge in [0.2, 0.25) is 0 Å². The molecule has 2 aliphatic rings. The minimum atomic E-state index is -0.809. The fourth-order valence-electron chi connectivity index (χ4n) is 5.73. The molecule has 41 heavy (non-hydrogen) atoms. The Morgan fingerprint density at radius 2 is 1.34 bits per heavy atom. The van der Waals surface area contributed by atoms with Crippen LogP contribution in [-0.2, 0) is 28.9 Å². The number of rotatable bonds is 8. The summed E-state index contributed by atoms with van der Waals surface area (Å²) in [6, 6.07) is 37.6. The Balaban J connectivity index is 1.57. The van der Waals surface area contributed by atoms with E-state index in [-0.39, 0.29) is 17.9 Å². The van der Waals surface area contributed by atoms with Gasteiger partial charge in [-0.15, -0.1) is 0 Å². The molecule has 204 valence electrons. The van der Waals surface area contributed by atoms with Gasteiger partial charge in [0.1, 0.15) is 0 Å². The van der Waals surface area contributed by atoms with E-state index in [4.69, 9.17) is 4.74 Å². The molecule has 6 rings (SSSR count). The fourth-order valence-corrected chi connectivity index (χ4v) is 6.90. The van der Waals surface area contributed by atoms with Crippen molar-refractivity contribution in [3.05, 3.63) is 149 Å². The number of hydrogen-bond donors (Lipinski definition) is 1. The van der Waals surface area contributed by atoms with E-state index in [0.29, 0.717) is 12.2 Å². The SMILES string of the molecule is CCO[C](=[W])C1=C(c2ccccc2)N2C(=O)C(NC(=O)c3ccccc3)[C@@H](c3ccccc3)N2[C@H]1c1ccccc1. The topological polar surface area (TPSA) is 61.9 Å². The fraction of sp³-hybridized carbons (Fsp3) is 0.147. The number of hydrazine groups is 1. The second kappa shape index (κ2) is 11.9. The van der Waals surface area contributed by atoms with E-state index in [9.17, 15) is 9.59 Å². The minimum absolute atomic E-state index is 0.183. The third kappa shape index (κ3) is 5.04. The van der Waals surface area contributed by atoms with Gasteiger partial charge in [-0.05, 0) is 0 Å². The number of nitrogens with one attached hydrogen (secondary N) is 1. The van der Waals surface area contributed by atoms with Gasteiger partial charge in [0.25, 0.3) is 0 Å². The summed E-state index contributed by atoms with van der Waals surface area (Å²) in [6.45, 7) is 2.50. The van der Waals surface area contributed by atoms with Crippen LogP contribution in [0.4, 0.5) is 0 Å². The molecule has 7 heteroatoms. The Bertz CT molecular complexity index is 1590. The Labute approximate surface area is 250 Å². The zero-order valence-electron chi connectivity index (χ0n) is 22.5. The monoisotopic (exact) mass is 711 g/mol. The normalized spacial score (nSPS) is 20.3. The number of hydrogen-bond acceptors (Lipinski definition) is 4. The average molecular weight is 711 g/mol. The average Bonchev–Trinajstić information content (AvgIpc) is 3.51. The van der Waals surface area contributed by atoms with Crippen LogP contribution < -0.4 is 5.32 Å². The molecule has 2 amide bonds. The molecular formula is C34H29N3O3W. The number of fused-ring (bicyclic) bond motifs is 1. The van der Waals surface area contributed by atoms with E-state index in [1.54, 1.807) is 17.1 Å². The van der Waals surface area contributed by atoms with Gasteiger partial charge in [-0.2, -0.15) is 0 Å². The van der Waals surface area contributed by atoms with Crippen molar-refractivity contribution in [2.75, 3.05) is 6.61 Å². The molecule has 3 atom stereocenters. The molecule has 2 heterocycles. The summed E-state index contributed by atoms with van der Waals surface area (Å²) in [6.07, 6.45) is 0. The number of amides is 2. The van der Waals surface area contributed by atoms with Crippen LogP contribution in [0.15, 0.2) is 127 Å². The van der Waals surface area contributed by atoms with Crippen LogP contribution in [0.5, 0.6) is 0 Å². The standard InChI is InChI=1S/C34H29N3O3.W/c1-2-40-23-28-30(24-15-7-3-8-16-24)36-32(26-19-11-5-12-20-26)29(35-33(38)27-21-13-6-14-22-27)34(39)37(36)31(28)25-17-9-4-10-18-25;/h3-22,29-30,32H,2H2,1H3,(H,35,38);/t29?,30-,32+;/m0./s1. The first-order valence-corrected chi connectivity index (χ1v) is 15.1. The molecular weight excluding hydrogens is 682 g/mol. The van der Waals surface area contributed by atoms with Gasteiger partial charge in [-0.1, -0.05) is 0 Å². The van der Waals surface area contributed by atoms with Crippen molar-refractivity contribution < 1.29 is 33.7 Å². The van der Waals surface area contributed by atoms with E-state index < -0.39 is 12.1 Å². The van der Waals surface area contributed by atoms with Crippen LogP contribution in [-0.4, -0.2) is 38.6 Å². The molecule has 0 bridgehead atoms. The van der Waals surface area contributed by atoms with Crippen LogP contribution in [0.25, 0.3) is 5.70 Å². The number of benzene rings is 4. The Morgan fingerprint density at radius 1 is 0.805 bits per heavy atom. The molecule has 6 nitrogen and oxygen atoms in total. The number of carbonyl (C=O) groups is 2. The zero-order valence-corrected chi connectivity index (χ0v) is 25.4. The second-order valence-corrected chi connectivity index (χ2v) is 11.2. The number of carbonyl (C=O) groups excluding carboxylic acids is 2.